The maximum absolute atomic E-state index is 6.41. The molecule has 2 bridgehead atoms. The molecule has 0 aromatic rings. The van der Waals surface area contributed by atoms with Crippen LogP contribution in [0.2, 0.25) is 0 Å². The molecule has 16 heavy (non-hydrogen) atoms. The number of ether oxygens (including phenoxy) is 1. The van der Waals surface area contributed by atoms with Gasteiger partial charge in [0, 0.05) is 0 Å². The zero-order valence-electron chi connectivity index (χ0n) is 10.9. The highest BCUT2D eigenvalue weighted by Gasteiger charge is 2.63. The van der Waals surface area contributed by atoms with Crippen LogP contribution in [-0.2, 0) is 4.74 Å². The molecule has 1 heteroatoms. The molecule has 0 heterocycles. The molecule has 3 saturated carbocycles. The number of hydrogen-bond acceptors (Lipinski definition) is 1. The molecule has 0 aromatic carbocycles. The van der Waals surface area contributed by atoms with Crippen LogP contribution in [0.15, 0.2) is 12.7 Å². The first-order valence-corrected chi connectivity index (χ1v) is 6.75. The summed E-state index contributed by atoms with van der Waals surface area (Å²) in [5.41, 5.74) is 0.930. The fourth-order valence-corrected chi connectivity index (χ4v) is 4.09. The van der Waals surface area contributed by atoms with E-state index in [-0.39, 0.29) is 5.60 Å². The summed E-state index contributed by atoms with van der Waals surface area (Å²) >= 11 is 0. The Labute approximate surface area is 99.3 Å². The molecule has 3 fully saturated rings. The highest BCUT2D eigenvalue weighted by Crippen LogP contribution is 2.67. The van der Waals surface area contributed by atoms with E-state index in [4.69, 9.17) is 4.74 Å². The van der Waals surface area contributed by atoms with Gasteiger partial charge in [0.25, 0.3) is 0 Å². The average Bonchev–Trinajstić information content (AvgIpc) is 2.94. The van der Waals surface area contributed by atoms with Gasteiger partial charge < -0.3 is 4.74 Å². The van der Waals surface area contributed by atoms with Crippen LogP contribution in [0.5, 0.6) is 0 Å². The van der Waals surface area contributed by atoms with Crippen LogP contribution in [-0.4, -0.2) is 11.7 Å². The van der Waals surface area contributed by atoms with Gasteiger partial charge in [-0.1, -0.05) is 26.8 Å². The summed E-state index contributed by atoms with van der Waals surface area (Å²) < 4.78 is 6.41. The molecule has 2 unspecified atom stereocenters. The van der Waals surface area contributed by atoms with Crippen molar-refractivity contribution >= 4 is 0 Å². The minimum absolute atomic E-state index is 0.0637. The zero-order chi connectivity index (χ0) is 11.6. The Hall–Kier alpha value is -0.300. The summed E-state index contributed by atoms with van der Waals surface area (Å²) in [5.74, 6) is 0.878. The largest absolute Gasteiger partial charge is 0.367 e. The maximum Gasteiger partial charge on any atom is 0.0866 e. The predicted molar refractivity (Wildman–Crippen MR) is 66.3 cm³/mol. The third-order valence-electron chi connectivity index (χ3n) is 6.21. The summed E-state index contributed by atoms with van der Waals surface area (Å²) in [5, 5.41) is 0. The van der Waals surface area contributed by atoms with E-state index in [1.165, 1.54) is 32.1 Å². The molecule has 3 aliphatic carbocycles. The second-order valence-corrected chi connectivity index (χ2v) is 6.99. The van der Waals surface area contributed by atoms with Crippen molar-refractivity contribution in [2.75, 3.05) is 0 Å². The van der Waals surface area contributed by atoms with Crippen LogP contribution >= 0.6 is 0 Å². The lowest BCUT2D eigenvalue weighted by Crippen LogP contribution is -2.39. The van der Waals surface area contributed by atoms with E-state index in [2.05, 4.69) is 27.4 Å². The summed E-state index contributed by atoms with van der Waals surface area (Å²) in [6, 6.07) is 0. The smallest absolute Gasteiger partial charge is 0.0866 e. The Morgan fingerprint density at radius 1 is 1.19 bits per heavy atom. The second kappa shape index (κ2) is 2.93. The molecule has 3 aliphatic rings. The third kappa shape index (κ3) is 1.16. The van der Waals surface area contributed by atoms with Crippen molar-refractivity contribution in [3.8, 4) is 0 Å². The fourth-order valence-electron chi connectivity index (χ4n) is 4.09. The van der Waals surface area contributed by atoms with E-state index < -0.39 is 0 Å². The van der Waals surface area contributed by atoms with Gasteiger partial charge in [-0.2, -0.15) is 0 Å². The number of fused-ring (bicyclic) bond motifs is 2. The predicted octanol–water partition coefficient (Wildman–Crippen LogP) is 3.94. The standard InChI is InChI=1S/C15H24O/c1-5-15(8-9-15)16-12-10-11-6-7-14(12,4)13(11,2)3/h5,11-12H,1,6-10H2,2-4H3/t11?,12?,14-/m1/s1. The minimum atomic E-state index is 0.0637. The van der Waals surface area contributed by atoms with Crippen LogP contribution in [0.3, 0.4) is 0 Å². The Morgan fingerprint density at radius 2 is 1.88 bits per heavy atom. The van der Waals surface area contributed by atoms with E-state index >= 15 is 0 Å². The highest BCUT2D eigenvalue weighted by atomic mass is 16.5. The topological polar surface area (TPSA) is 9.23 Å². The van der Waals surface area contributed by atoms with Crippen molar-refractivity contribution in [1.29, 1.82) is 0 Å². The van der Waals surface area contributed by atoms with Crippen LogP contribution in [0.25, 0.3) is 0 Å². The minimum Gasteiger partial charge on any atom is -0.367 e. The SMILES string of the molecule is C=CC1(OC2CC3CC[C@@]2(C)C3(C)C)CC1. The van der Waals surface area contributed by atoms with Crippen LogP contribution < -0.4 is 0 Å². The molecule has 0 aromatic heterocycles. The third-order valence-corrected chi connectivity index (χ3v) is 6.21. The van der Waals surface area contributed by atoms with Crippen molar-refractivity contribution in [1.82, 2.24) is 0 Å². The highest BCUT2D eigenvalue weighted by molar-refractivity contribution is 5.15. The molecule has 3 rings (SSSR count). The van der Waals surface area contributed by atoms with Crippen molar-refractivity contribution in [3.05, 3.63) is 12.7 Å². The lowest BCUT2D eigenvalue weighted by molar-refractivity contribution is -0.0814. The van der Waals surface area contributed by atoms with Crippen molar-refractivity contribution in [3.63, 3.8) is 0 Å². The van der Waals surface area contributed by atoms with Crippen LogP contribution in [0.4, 0.5) is 0 Å². The lowest BCUT2D eigenvalue weighted by Gasteiger charge is -2.40. The second-order valence-electron chi connectivity index (χ2n) is 6.99. The summed E-state index contributed by atoms with van der Waals surface area (Å²) in [4.78, 5) is 0. The molecule has 1 nitrogen and oxygen atoms in total. The van der Waals surface area contributed by atoms with Crippen LogP contribution in [0.1, 0.15) is 52.9 Å². The first-order valence-electron chi connectivity index (χ1n) is 6.75. The molecule has 0 saturated heterocycles. The van der Waals surface area contributed by atoms with Gasteiger partial charge in [-0.25, -0.2) is 0 Å². The summed E-state index contributed by atoms with van der Waals surface area (Å²) in [6.07, 6.45) is 8.92. The summed E-state index contributed by atoms with van der Waals surface area (Å²) in [7, 11) is 0. The van der Waals surface area contributed by atoms with Gasteiger partial charge in [-0.3, -0.25) is 0 Å². The van der Waals surface area contributed by atoms with E-state index in [1.807, 2.05) is 6.08 Å². The first kappa shape index (κ1) is 10.8. The zero-order valence-corrected chi connectivity index (χ0v) is 10.9. The molecular formula is C15H24O. The molecule has 0 radical (unpaired) electrons. The first-order chi connectivity index (χ1) is 7.44. The molecule has 0 aliphatic heterocycles. The lowest BCUT2D eigenvalue weighted by atomic mass is 9.70. The average molecular weight is 220 g/mol. The maximum atomic E-state index is 6.41. The van der Waals surface area contributed by atoms with Gasteiger partial charge >= 0.3 is 0 Å². The van der Waals surface area contributed by atoms with Gasteiger partial charge in [0.05, 0.1) is 11.7 Å². The Bertz CT molecular complexity index is 326. The quantitative estimate of drug-likeness (QED) is 0.655. The Morgan fingerprint density at radius 3 is 2.25 bits per heavy atom. The van der Waals surface area contributed by atoms with Crippen molar-refractivity contribution < 1.29 is 4.74 Å². The molecule has 0 spiro atoms. The van der Waals surface area contributed by atoms with Crippen molar-refractivity contribution in [2.24, 2.45) is 16.7 Å². The van der Waals surface area contributed by atoms with E-state index in [1.54, 1.807) is 0 Å². The van der Waals surface area contributed by atoms with Gasteiger partial charge in [0.15, 0.2) is 0 Å². The Kier molecular flexibility index (Phi) is 1.98. The molecule has 3 atom stereocenters. The molecule has 0 amide bonds. The van der Waals surface area contributed by atoms with Crippen molar-refractivity contribution in [2.45, 2.75) is 64.6 Å². The van der Waals surface area contributed by atoms with E-state index in [9.17, 15) is 0 Å². The van der Waals surface area contributed by atoms with E-state index in [0.29, 0.717) is 16.9 Å². The van der Waals surface area contributed by atoms with Gasteiger partial charge in [-0.15, -0.1) is 6.58 Å². The number of rotatable bonds is 3. The summed E-state index contributed by atoms with van der Waals surface area (Å²) in [6.45, 7) is 11.3. The number of hydrogen-bond donors (Lipinski definition) is 0. The monoisotopic (exact) mass is 220 g/mol. The van der Waals surface area contributed by atoms with Gasteiger partial charge in [0.1, 0.15) is 0 Å². The molecular weight excluding hydrogens is 196 g/mol. The normalized spacial score (nSPS) is 46.9. The van der Waals surface area contributed by atoms with Crippen LogP contribution in [0, 0.1) is 16.7 Å². The van der Waals surface area contributed by atoms with Gasteiger partial charge in [0.2, 0.25) is 0 Å². The van der Waals surface area contributed by atoms with E-state index in [0.717, 1.165) is 5.92 Å². The Balaban J connectivity index is 1.82. The molecule has 90 valence electrons. The molecule has 0 N–H and O–H groups in total. The fraction of sp³-hybridized carbons (Fsp3) is 0.867. The van der Waals surface area contributed by atoms with Gasteiger partial charge in [-0.05, 0) is 48.9 Å².